The van der Waals surface area contributed by atoms with Crippen LogP contribution in [0.15, 0.2) is 72.8 Å². The fourth-order valence-corrected chi connectivity index (χ4v) is 2.36. The molecule has 2 aromatic rings. The summed E-state index contributed by atoms with van der Waals surface area (Å²) in [4.78, 5) is 0. The Morgan fingerprint density at radius 1 is 0.750 bits per heavy atom. The van der Waals surface area contributed by atoms with E-state index in [1.54, 1.807) is 0 Å². The molecule has 0 fully saturated rings. The first-order valence-electron chi connectivity index (χ1n) is 6.89. The van der Waals surface area contributed by atoms with Crippen LogP contribution in [0.4, 0.5) is 0 Å². The second kappa shape index (κ2) is 5.01. The van der Waals surface area contributed by atoms with Gasteiger partial charge in [0.25, 0.3) is 0 Å². The summed E-state index contributed by atoms with van der Waals surface area (Å²) >= 11 is 0. The van der Waals surface area contributed by atoms with Crippen LogP contribution in [0.5, 0.6) is 0 Å². The monoisotopic (exact) mass is 262 g/mol. The lowest BCUT2D eigenvalue weighted by Crippen LogP contribution is -2.23. The summed E-state index contributed by atoms with van der Waals surface area (Å²) in [6.45, 7) is 4.16. The SMILES string of the molecule is CC1(C)C=CC(c2ccccc2)=C(c2ccccc2)O1. The Balaban J connectivity index is 2.16. The summed E-state index contributed by atoms with van der Waals surface area (Å²) in [5.41, 5.74) is 3.15. The highest BCUT2D eigenvalue weighted by Gasteiger charge is 2.25. The van der Waals surface area contributed by atoms with Gasteiger partial charge < -0.3 is 4.74 Å². The van der Waals surface area contributed by atoms with Gasteiger partial charge >= 0.3 is 0 Å². The molecule has 0 bridgehead atoms. The minimum atomic E-state index is -0.274. The van der Waals surface area contributed by atoms with Crippen molar-refractivity contribution in [1.29, 1.82) is 0 Å². The van der Waals surface area contributed by atoms with Crippen LogP contribution in [-0.4, -0.2) is 5.60 Å². The number of hydrogen-bond donors (Lipinski definition) is 0. The fourth-order valence-electron chi connectivity index (χ4n) is 2.36. The number of benzene rings is 2. The normalized spacial score (nSPS) is 16.9. The molecule has 2 aromatic carbocycles. The Hall–Kier alpha value is -2.28. The van der Waals surface area contributed by atoms with Gasteiger partial charge in [-0.15, -0.1) is 0 Å². The molecule has 0 atom stereocenters. The first-order valence-corrected chi connectivity index (χ1v) is 6.89. The molecule has 1 aliphatic rings. The molecule has 0 radical (unpaired) electrons. The van der Waals surface area contributed by atoms with Crippen molar-refractivity contribution >= 4 is 11.3 Å². The van der Waals surface area contributed by atoms with E-state index in [-0.39, 0.29) is 5.60 Å². The van der Waals surface area contributed by atoms with Gasteiger partial charge in [-0.2, -0.15) is 0 Å². The Bertz CT molecular complexity index is 649. The Morgan fingerprint density at radius 3 is 1.90 bits per heavy atom. The van der Waals surface area contributed by atoms with E-state index in [9.17, 15) is 0 Å². The van der Waals surface area contributed by atoms with E-state index in [0.29, 0.717) is 0 Å². The number of hydrogen-bond acceptors (Lipinski definition) is 1. The largest absolute Gasteiger partial charge is 0.483 e. The standard InChI is InChI=1S/C19H18O/c1-19(2)14-13-17(15-9-5-3-6-10-15)18(20-19)16-11-7-4-8-12-16/h3-14H,1-2H3. The first kappa shape index (κ1) is 12.7. The number of rotatable bonds is 2. The maximum atomic E-state index is 6.22. The van der Waals surface area contributed by atoms with Gasteiger partial charge in [0.05, 0.1) is 0 Å². The molecule has 0 unspecified atom stereocenters. The third-order valence-electron chi connectivity index (χ3n) is 3.38. The molecule has 0 saturated heterocycles. The highest BCUT2D eigenvalue weighted by atomic mass is 16.5. The molecule has 1 nitrogen and oxygen atoms in total. The third kappa shape index (κ3) is 2.53. The van der Waals surface area contributed by atoms with Crippen LogP contribution >= 0.6 is 0 Å². The van der Waals surface area contributed by atoms with Crippen LogP contribution in [0.25, 0.3) is 11.3 Å². The van der Waals surface area contributed by atoms with Crippen molar-refractivity contribution in [2.45, 2.75) is 19.4 Å². The lowest BCUT2D eigenvalue weighted by Gasteiger charge is -2.30. The van der Waals surface area contributed by atoms with Crippen LogP contribution in [0.3, 0.4) is 0 Å². The molecule has 100 valence electrons. The zero-order chi connectivity index (χ0) is 14.0. The highest BCUT2D eigenvalue weighted by molar-refractivity contribution is 5.93. The molecule has 1 heterocycles. The van der Waals surface area contributed by atoms with E-state index >= 15 is 0 Å². The van der Waals surface area contributed by atoms with Crippen LogP contribution in [0.1, 0.15) is 25.0 Å². The van der Waals surface area contributed by atoms with E-state index in [0.717, 1.165) is 16.9 Å². The van der Waals surface area contributed by atoms with Crippen LogP contribution in [-0.2, 0) is 4.74 Å². The molecule has 0 amide bonds. The summed E-state index contributed by atoms with van der Waals surface area (Å²) in [5, 5.41) is 0. The smallest absolute Gasteiger partial charge is 0.135 e. The maximum Gasteiger partial charge on any atom is 0.135 e. The summed E-state index contributed by atoms with van der Waals surface area (Å²) in [6.07, 6.45) is 4.28. The highest BCUT2D eigenvalue weighted by Crippen LogP contribution is 2.36. The van der Waals surface area contributed by atoms with E-state index in [4.69, 9.17) is 4.74 Å². The number of ether oxygens (including phenoxy) is 1. The quantitative estimate of drug-likeness (QED) is 0.746. The predicted octanol–water partition coefficient (Wildman–Crippen LogP) is 4.92. The second-order valence-corrected chi connectivity index (χ2v) is 5.51. The van der Waals surface area contributed by atoms with Crippen LogP contribution in [0.2, 0.25) is 0 Å². The van der Waals surface area contributed by atoms with E-state index in [2.05, 4.69) is 62.4 Å². The summed E-state index contributed by atoms with van der Waals surface area (Å²) in [5.74, 6) is 0.948. The van der Waals surface area contributed by atoms with Crippen molar-refractivity contribution in [2.75, 3.05) is 0 Å². The lowest BCUT2D eigenvalue weighted by molar-refractivity contribution is 0.125. The van der Waals surface area contributed by atoms with Crippen LogP contribution < -0.4 is 0 Å². The Labute approximate surface area is 120 Å². The van der Waals surface area contributed by atoms with Gasteiger partial charge in [-0.05, 0) is 25.5 Å². The molecule has 1 heteroatoms. The molecule has 20 heavy (non-hydrogen) atoms. The molecule has 0 aromatic heterocycles. The van der Waals surface area contributed by atoms with E-state index in [1.165, 1.54) is 5.56 Å². The van der Waals surface area contributed by atoms with E-state index < -0.39 is 0 Å². The van der Waals surface area contributed by atoms with Gasteiger partial charge in [-0.1, -0.05) is 66.7 Å². The number of allylic oxidation sites excluding steroid dienone is 2. The lowest BCUT2D eigenvalue weighted by atomic mass is 9.95. The summed E-state index contributed by atoms with van der Waals surface area (Å²) < 4.78 is 6.22. The average Bonchev–Trinajstić information content (AvgIpc) is 2.48. The van der Waals surface area contributed by atoms with Gasteiger partial charge in [0, 0.05) is 11.1 Å². The van der Waals surface area contributed by atoms with Crippen LogP contribution in [0, 0.1) is 0 Å². The minimum absolute atomic E-state index is 0.274. The Kier molecular flexibility index (Phi) is 3.19. The second-order valence-electron chi connectivity index (χ2n) is 5.51. The summed E-state index contributed by atoms with van der Waals surface area (Å²) in [6, 6.07) is 20.7. The predicted molar refractivity (Wildman–Crippen MR) is 84.0 cm³/mol. The summed E-state index contributed by atoms with van der Waals surface area (Å²) in [7, 11) is 0. The van der Waals surface area contributed by atoms with Gasteiger partial charge in [0.1, 0.15) is 11.4 Å². The topological polar surface area (TPSA) is 9.23 Å². The van der Waals surface area contributed by atoms with Gasteiger partial charge in [-0.3, -0.25) is 0 Å². The zero-order valence-electron chi connectivity index (χ0n) is 11.8. The third-order valence-corrected chi connectivity index (χ3v) is 3.38. The molecule has 3 rings (SSSR count). The van der Waals surface area contributed by atoms with Crippen molar-refractivity contribution in [3.8, 4) is 0 Å². The molecule has 1 aliphatic heterocycles. The van der Waals surface area contributed by atoms with Gasteiger partial charge in [0.2, 0.25) is 0 Å². The molecular formula is C19H18O. The average molecular weight is 262 g/mol. The molecular weight excluding hydrogens is 244 g/mol. The van der Waals surface area contributed by atoms with Crippen molar-refractivity contribution in [2.24, 2.45) is 0 Å². The minimum Gasteiger partial charge on any atom is -0.483 e. The zero-order valence-corrected chi connectivity index (χ0v) is 11.8. The van der Waals surface area contributed by atoms with Crippen molar-refractivity contribution in [3.05, 3.63) is 83.9 Å². The molecule has 0 N–H and O–H groups in total. The fraction of sp³-hybridized carbons (Fsp3) is 0.158. The van der Waals surface area contributed by atoms with Gasteiger partial charge in [-0.25, -0.2) is 0 Å². The van der Waals surface area contributed by atoms with Crippen molar-refractivity contribution in [3.63, 3.8) is 0 Å². The maximum absolute atomic E-state index is 6.22. The molecule has 0 aliphatic carbocycles. The Morgan fingerprint density at radius 2 is 1.30 bits per heavy atom. The van der Waals surface area contributed by atoms with Crippen molar-refractivity contribution in [1.82, 2.24) is 0 Å². The van der Waals surface area contributed by atoms with Crippen molar-refractivity contribution < 1.29 is 4.74 Å². The first-order chi connectivity index (χ1) is 9.66. The molecule has 0 spiro atoms. The van der Waals surface area contributed by atoms with Gasteiger partial charge in [0.15, 0.2) is 0 Å². The van der Waals surface area contributed by atoms with E-state index in [1.807, 2.05) is 24.3 Å². The molecule has 0 saturated carbocycles.